The number of guanidine groups is 1. The van der Waals surface area contributed by atoms with Crippen LogP contribution in [0.1, 0.15) is 23.7 Å². The molecule has 1 aromatic heterocycles. The van der Waals surface area contributed by atoms with Gasteiger partial charge in [-0.1, -0.05) is 25.1 Å². The molecule has 0 aliphatic carbocycles. The molecule has 0 saturated heterocycles. The van der Waals surface area contributed by atoms with E-state index < -0.39 is 0 Å². The van der Waals surface area contributed by atoms with Gasteiger partial charge in [0.25, 0.3) is 5.91 Å². The number of rotatable bonds is 3. The van der Waals surface area contributed by atoms with Crippen LogP contribution in [0.5, 0.6) is 0 Å². The van der Waals surface area contributed by atoms with Crippen LogP contribution >= 0.6 is 0 Å². The Bertz CT molecular complexity index is 585. The molecule has 4 N–H and O–H groups in total. The van der Waals surface area contributed by atoms with E-state index in [0.29, 0.717) is 12.1 Å². The van der Waals surface area contributed by atoms with Crippen LogP contribution in [0, 0.1) is 0 Å². The third-order valence-corrected chi connectivity index (χ3v) is 2.58. The molecule has 0 spiro atoms. The topological polar surface area (TPSA) is 83.3 Å². The SMILES string of the molecule is CCCN=C(N)NC(=O)c1c[nH]c2ccccc12. The van der Waals surface area contributed by atoms with Crippen molar-refractivity contribution in [1.82, 2.24) is 10.3 Å². The molecule has 0 saturated carbocycles. The van der Waals surface area contributed by atoms with Gasteiger partial charge in [-0.15, -0.1) is 0 Å². The van der Waals surface area contributed by atoms with Gasteiger partial charge in [-0.3, -0.25) is 15.1 Å². The zero-order valence-corrected chi connectivity index (χ0v) is 10.2. The maximum atomic E-state index is 12.0. The molecule has 0 aliphatic heterocycles. The number of amides is 1. The average Bonchev–Trinajstić information content (AvgIpc) is 2.80. The lowest BCUT2D eigenvalue weighted by Crippen LogP contribution is -2.36. The first-order valence-electron chi connectivity index (χ1n) is 5.89. The number of carbonyl (C=O) groups excluding carboxylic acids is 1. The third-order valence-electron chi connectivity index (χ3n) is 2.58. The van der Waals surface area contributed by atoms with Gasteiger partial charge in [0, 0.05) is 23.6 Å². The van der Waals surface area contributed by atoms with E-state index in [4.69, 9.17) is 5.73 Å². The van der Waals surface area contributed by atoms with E-state index in [1.54, 1.807) is 6.20 Å². The van der Waals surface area contributed by atoms with Crippen molar-refractivity contribution in [3.8, 4) is 0 Å². The fourth-order valence-corrected chi connectivity index (χ4v) is 1.71. The van der Waals surface area contributed by atoms with E-state index in [9.17, 15) is 4.79 Å². The van der Waals surface area contributed by atoms with Crippen molar-refractivity contribution in [2.24, 2.45) is 10.7 Å². The number of aromatic nitrogens is 1. The van der Waals surface area contributed by atoms with E-state index in [1.807, 2.05) is 31.2 Å². The quantitative estimate of drug-likeness (QED) is 0.566. The minimum absolute atomic E-state index is 0.159. The van der Waals surface area contributed by atoms with Crippen LogP contribution in [-0.4, -0.2) is 23.4 Å². The number of para-hydroxylation sites is 1. The summed E-state index contributed by atoms with van der Waals surface area (Å²) in [6.07, 6.45) is 2.57. The van der Waals surface area contributed by atoms with Crippen LogP contribution in [0.15, 0.2) is 35.5 Å². The molecule has 2 rings (SSSR count). The first kappa shape index (κ1) is 12.2. The Kier molecular flexibility index (Phi) is 3.62. The number of aromatic amines is 1. The van der Waals surface area contributed by atoms with E-state index in [1.165, 1.54) is 0 Å². The van der Waals surface area contributed by atoms with Crippen LogP contribution in [0.2, 0.25) is 0 Å². The molecule has 0 fully saturated rings. The van der Waals surface area contributed by atoms with Gasteiger partial charge in [-0.25, -0.2) is 0 Å². The summed E-state index contributed by atoms with van der Waals surface area (Å²) in [7, 11) is 0. The number of nitrogens with one attached hydrogen (secondary N) is 2. The standard InChI is InChI=1S/C13H16N4O/c1-2-7-15-13(14)17-12(18)10-8-16-11-6-4-3-5-9(10)11/h3-6,8,16H,2,7H2,1H3,(H3,14,15,17,18). The lowest BCUT2D eigenvalue weighted by Gasteiger charge is -2.03. The van der Waals surface area contributed by atoms with Crippen LogP contribution in [0.25, 0.3) is 10.9 Å². The molecular formula is C13H16N4O. The van der Waals surface area contributed by atoms with E-state index in [0.717, 1.165) is 17.3 Å². The molecule has 5 heteroatoms. The summed E-state index contributed by atoms with van der Waals surface area (Å²) < 4.78 is 0. The average molecular weight is 244 g/mol. The summed E-state index contributed by atoms with van der Waals surface area (Å²) in [4.78, 5) is 19.1. The van der Waals surface area contributed by atoms with Crippen LogP contribution in [0.4, 0.5) is 0 Å². The molecule has 18 heavy (non-hydrogen) atoms. The second-order valence-corrected chi connectivity index (χ2v) is 3.97. The van der Waals surface area contributed by atoms with Crippen molar-refractivity contribution in [3.63, 3.8) is 0 Å². The maximum absolute atomic E-state index is 12.0. The zero-order chi connectivity index (χ0) is 13.0. The maximum Gasteiger partial charge on any atom is 0.260 e. The Morgan fingerprint density at radius 1 is 1.44 bits per heavy atom. The number of benzene rings is 1. The van der Waals surface area contributed by atoms with Crippen LogP contribution < -0.4 is 11.1 Å². The lowest BCUT2D eigenvalue weighted by atomic mass is 10.1. The molecule has 0 radical (unpaired) electrons. The summed E-state index contributed by atoms with van der Waals surface area (Å²) in [6, 6.07) is 7.61. The Balaban J connectivity index is 2.19. The fourth-order valence-electron chi connectivity index (χ4n) is 1.71. The van der Waals surface area contributed by atoms with Crippen LogP contribution in [0.3, 0.4) is 0 Å². The van der Waals surface area contributed by atoms with Crippen molar-refractivity contribution in [2.45, 2.75) is 13.3 Å². The largest absolute Gasteiger partial charge is 0.370 e. The zero-order valence-electron chi connectivity index (χ0n) is 10.2. The molecule has 1 heterocycles. The molecule has 0 unspecified atom stereocenters. The number of nitrogens with zero attached hydrogens (tertiary/aromatic N) is 1. The molecule has 1 amide bonds. The third kappa shape index (κ3) is 2.51. The van der Waals surface area contributed by atoms with Gasteiger partial charge in [0.15, 0.2) is 5.96 Å². The molecule has 5 nitrogen and oxygen atoms in total. The molecule has 2 aromatic rings. The highest BCUT2D eigenvalue weighted by atomic mass is 16.1. The smallest absolute Gasteiger partial charge is 0.260 e. The van der Waals surface area contributed by atoms with Gasteiger partial charge in [-0.05, 0) is 12.5 Å². The number of fused-ring (bicyclic) bond motifs is 1. The van der Waals surface area contributed by atoms with Gasteiger partial charge < -0.3 is 10.7 Å². The lowest BCUT2D eigenvalue weighted by molar-refractivity contribution is 0.0978. The highest BCUT2D eigenvalue weighted by Gasteiger charge is 2.11. The first-order chi connectivity index (χ1) is 8.72. The number of hydrogen-bond acceptors (Lipinski definition) is 2. The van der Waals surface area contributed by atoms with Gasteiger partial charge in [0.2, 0.25) is 0 Å². The Morgan fingerprint density at radius 3 is 3.00 bits per heavy atom. The number of carbonyl (C=O) groups is 1. The minimum Gasteiger partial charge on any atom is -0.370 e. The Hall–Kier alpha value is -2.30. The Morgan fingerprint density at radius 2 is 2.22 bits per heavy atom. The van der Waals surface area contributed by atoms with E-state index >= 15 is 0 Å². The Labute approximate surface area is 105 Å². The fraction of sp³-hybridized carbons (Fsp3) is 0.231. The van der Waals surface area contributed by atoms with Gasteiger partial charge in [0.05, 0.1) is 5.56 Å². The van der Waals surface area contributed by atoms with Crippen molar-refractivity contribution < 1.29 is 4.79 Å². The van der Waals surface area contributed by atoms with Crippen LogP contribution in [-0.2, 0) is 0 Å². The van der Waals surface area contributed by atoms with Crippen molar-refractivity contribution in [3.05, 3.63) is 36.0 Å². The normalized spacial score (nSPS) is 11.7. The van der Waals surface area contributed by atoms with Crippen molar-refractivity contribution >= 4 is 22.8 Å². The molecule has 0 bridgehead atoms. The number of nitrogens with two attached hydrogens (primary N) is 1. The molecule has 0 atom stereocenters. The van der Waals surface area contributed by atoms with E-state index in [2.05, 4.69) is 15.3 Å². The predicted molar refractivity (Wildman–Crippen MR) is 72.5 cm³/mol. The van der Waals surface area contributed by atoms with Crippen molar-refractivity contribution in [1.29, 1.82) is 0 Å². The second kappa shape index (κ2) is 5.35. The van der Waals surface area contributed by atoms with Gasteiger partial charge in [-0.2, -0.15) is 0 Å². The van der Waals surface area contributed by atoms with Gasteiger partial charge in [0.1, 0.15) is 0 Å². The summed E-state index contributed by atoms with van der Waals surface area (Å²) in [6.45, 7) is 2.61. The summed E-state index contributed by atoms with van der Waals surface area (Å²) in [5.41, 5.74) is 7.11. The minimum atomic E-state index is -0.246. The highest BCUT2D eigenvalue weighted by Crippen LogP contribution is 2.17. The number of H-pyrrole nitrogens is 1. The predicted octanol–water partition coefficient (Wildman–Crippen LogP) is 1.62. The summed E-state index contributed by atoms with van der Waals surface area (Å²) >= 11 is 0. The monoisotopic (exact) mass is 244 g/mol. The van der Waals surface area contributed by atoms with Crippen molar-refractivity contribution in [2.75, 3.05) is 6.54 Å². The molecule has 0 aliphatic rings. The molecule has 94 valence electrons. The summed E-state index contributed by atoms with van der Waals surface area (Å²) in [5, 5.41) is 3.45. The van der Waals surface area contributed by atoms with E-state index in [-0.39, 0.29) is 11.9 Å². The first-order valence-corrected chi connectivity index (χ1v) is 5.89. The summed E-state index contributed by atoms with van der Waals surface area (Å²) in [5.74, 6) is -0.0862. The van der Waals surface area contributed by atoms with Gasteiger partial charge >= 0.3 is 0 Å². The highest BCUT2D eigenvalue weighted by molar-refractivity contribution is 6.12. The molecule has 1 aromatic carbocycles. The molecular weight excluding hydrogens is 228 g/mol. The second-order valence-electron chi connectivity index (χ2n) is 3.97. The number of aliphatic imine (C=N–C) groups is 1. The number of hydrogen-bond donors (Lipinski definition) is 3.